The normalized spacial score (nSPS) is 19.1. The Morgan fingerprint density at radius 2 is 2.42 bits per heavy atom. The predicted octanol–water partition coefficient (Wildman–Crippen LogP) is 2.95. The third-order valence-corrected chi connectivity index (χ3v) is 4.88. The number of rotatable bonds is 3. The first-order valence-electron chi connectivity index (χ1n) is 6.00. The van der Waals surface area contributed by atoms with Gasteiger partial charge in [-0.25, -0.2) is 4.98 Å². The number of halogens is 1. The van der Waals surface area contributed by atoms with Gasteiger partial charge in [0.05, 0.1) is 5.69 Å². The Bertz CT molecular complexity index is 587. The average molecular weight is 338 g/mol. The number of thiazole rings is 1. The van der Waals surface area contributed by atoms with Crippen LogP contribution in [0, 0.1) is 5.92 Å². The lowest BCUT2D eigenvalue weighted by atomic mass is 10.2. The highest BCUT2D eigenvalue weighted by Crippen LogP contribution is 2.31. The van der Waals surface area contributed by atoms with Gasteiger partial charge in [0.15, 0.2) is 5.13 Å². The predicted molar refractivity (Wildman–Crippen MR) is 79.6 cm³/mol. The molecule has 6 heteroatoms. The smallest absolute Gasteiger partial charge is 0.229 e. The minimum atomic E-state index is 0.163. The van der Waals surface area contributed by atoms with Crippen LogP contribution in [0.2, 0.25) is 0 Å². The Hall–Kier alpha value is -1.27. The van der Waals surface area contributed by atoms with Gasteiger partial charge in [0, 0.05) is 41.6 Å². The number of pyridine rings is 1. The van der Waals surface area contributed by atoms with Crippen LogP contribution in [0.5, 0.6) is 0 Å². The van der Waals surface area contributed by atoms with Gasteiger partial charge >= 0.3 is 0 Å². The molecule has 2 aromatic heterocycles. The van der Waals surface area contributed by atoms with E-state index in [1.165, 1.54) is 11.3 Å². The van der Waals surface area contributed by atoms with E-state index in [-0.39, 0.29) is 5.91 Å². The zero-order chi connectivity index (χ0) is 13.2. The molecule has 0 bridgehead atoms. The molecular weight excluding hydrogens is 326 g/mol. The molecular formula is C13H12BrN3OS. The topological polar surface area (TPSA) is 46.1 Å². The second-order valence-electron chi connectivity index (χ2n) is 4.49. The highest BCUT2D eigenvalue weighted by atomic mass is 79.9. The summed E-state index contributed by atoms with van der Waals surface area (Å²) in [6.07, 6.45) is 4.13. The van der Waals surface area contributed by atoms with Crippen molar-refractivity contribution in [1.82, 2.24) is 9.97 Å². The SMILES string of the molecule is O=C1CC(CBr)CN1c1nc(-c2cccnc2)cs1. The number of nitrogens with zero attached hydrogens (tertiary/aromatic N) is 3. The van der Waals surface area contributed by atoms with E-state index in [1.54, 1.807) is 17.3 Å². The van der Waals surface area contributed by atoms with Gasteiger partial charge < -0.3 is 0 Å². The summed E-state index contributed by atoms with van der Waals surface area (Å²) >= 11 is 4.95. The van der Waals surface area contributed by atoms with Gasteiger partial charge in [-0.3, -0.25) is 14.7 Å². The van der Waals surface area contributed by atoms with Crippen LogP contribution in [0.1, 0.15) is 6.42 Å². The van der Waals surface area contributed by atoms with Crippen LogP contribution in [0.4, 0.5) is 5.13 Å². The summed E-state index contributed by atoms with van der Waals surface area (Å²) in [6, 6.07) is 3.86. The van der Waals surface area contributed by atoms with Crippen molar-refractivity contribution in [3.05, 3.63) is 29.9 Å². The maximum Gasteiger partial charge on any atom is 0.229 e. The molecule has 1 aliphatic heterocycles. The quantitative estimate of drug-likeness (QED) is 0.809. The molecule has 98 valence electrons. The molecule has 0 radical (unpaired) electrons. The maximum atomic E-state index is 11.9. The second-order valence-corrected chi connectivity index (χ2v) is 5.97. The van der Waals surface area contributed by atoms with Crippen molar-refractivity contribution in [3.8, 4) is 11.3 Å². The Morgan fingerprint density at radius 1 is 1.53 bits per heavy atom. The summed E-state index contributed by atoms with van der Waals surface area (Å²) in [5.41, 5.74) is 1.86. The number of carbonyl (C=O) groups excluding carboxylic acids is 1. The Labute approximate surface area is 123 Å². The molecule has 0 N–H and O–H groups in total. The fraction of sp³-hybridized carbons (Fsp3) is 0.308. The van der Waals surface area contributed by atoms with E-state index >= 15 is 0 Å². The number of anilines is 1. The average Bonchev–Trinajstić information content (AvgIpc) is 3.06. The van der Waals surface area contributed by atoms with Crippen molar-refractivity contribution in [2.45, 2.75) is 6.42 Å². The standard InChI is InChI=1S/C13H12BrN3OS/c14-5-9-4-12(18)17(7-9)13-16-11(8-19-13)10-2-1-3-15-6-10/h1-3,6,8-9H,4-5,7H2. The Balaban J connectivity index is 1.84. The Kier molecular flexibility index (Phi) is 3.61. The summed E-state index contributed by atoms with van der Waals surface area (Å²) in [6.45, 7) is 0.754. The van der Waals surface area contributed by atoms with E-state index < -0.39 is 0 Å². The first kappa shape index (κ1) is 12.7. The summed E-state index contributed by atoms with van der Waals surface area (Å²) in [5.74, 6) is 0.551. The van der Waals surface area contributed by atoms with Crippen molar-refractivity contribution in [1.29, 1.82) is 0 Å². The van der Waals surface area contributed by atoms with Gasteiger partial charge in [-0.1, -0.05) is 15.9 Å². The molecule has 1 amide bonds. The van der Waals surface area contributed by atoms with Crippen LogP contribution in [0.3, 0.4) is 0 Å². The van der Waals surface area contributed by atoms with E-state index in [0.717, 1.165) is 28.3 Å². The minimum Gasteiger partial charge on any atom is -0.288 e. The number of aromatic nitrogens is 2. The molecule has 2 aromatic rings. The number of carbonyl (C=O) groups is 1. The molecule has 4 nitrogen and oxygen atoms in total. The number of alkyl halides is 1. The first-order chi connectivity index (χ1) is 9.28. The molecule has 1 aliphatic rings. The highest BCUT2D eigenvalue weighted by molar-refractivity contribution is 9.09. The molecule has 0 aromatic carbocycles. The largest absolute Gasteiger partial charge is 0.288 e. The van der Waals surface area contributed by atoms with E-state index in [1.807, 2.05) is 17.5 Å². The lowest BCUT2D eigenvalue weighted by molar-refractivity contribution is -0.117. The van der Waals surface area contributed by atoms with Crippen molar-refractivity contribution in [3.63, 3.8) is 0 Å². The molecule has 1 fully saturated rings. The van der Waals surface area contributed by atoms with E-state index in [9.17, 15) is 4.79 Å². The molecule has 1 atom stereocenters. The number of hydrogen-bond donors (Lipinski definition) is 0. The maximum absolute atomic E-state index is 11.9. The summed E-state index contributed by atoms with van der Waals surface area (Å²) in [5, 5.41) is 3.62. The second kappa shape index (κ2) is 5.38. The fourth-order valence-electron chi connectivity index (χ4n) is 2.10. The number of amides is 1. The fourth-order valence-corrected chi connectivity index (χ4v) is 3.40. The van der Waals surface area contributed by atoms with Crippen molar-refractivity contribution < 1.29 is 4.79 Å². The molecule has 0 saturated carbocycles. The van der Waals surface area contributed by atoms with Crippen LogP contribution in [-0.4, -0.2) is 27.7 Å². The molecule has 3 heterocycles. The van der Waals surface area contributed by atoms with Gasteiger partial charge in [0.1, 0.15) is 0 Å². The molecule has 3 rings (SSSR count). The minimum absolute atomic E-state index is 0.163. The monoisotopic (exact) mass is 337 g/mol. The zero-order valence-electron chi connectivity index (χ0n) is 10.1. The van der Waals surface area contributed by atoms with Crippen LogP contribution in [-0.2, 0) is 4.79 Å². The van der Waals surface area contributed by atoms with Gasteiger partial charge in [-0.05, 0) is 18.1 Å². The van der Waals surface area contributed by atoms with Crippen LogP contribution in [0.25, 0.3) is 11.3 Å². The lowest BCUT2D eigenvalue weighted by Crippen LogP contribution is -2.24. The molecule has 0 aliphatic carbocycles. The van der Waals surface area contributed by atoms with Crippen LogP contribution < -0.4 is 4.90 Å². The third kappa shape index (κ3) is 2.55. The van der Waals surface area contributed by atoms with Gasteiger partial charge in [-0.15, -0.1) is 11.3 Å². The summed E-state index contributed by atoms with van der Waals surface area (Å²) < 4.78 is 0. The third-order valence-electron chi connectivity index (χ3n) is 3.10. The number of hydrogen-bond acceptors (Lipinski definition) is 4. The molecule has 19 heavy (non-hydrogen) atoms. The van der Waals surface area contributed by atoms with Gasteiger partial charge in [-0.2, -0.15) is 0 Å². The Morgan fingerprint density at radius 3 is 3.11 bits per heavy atom. The van der Waals surface area contributed by atoms with Crippen molar-refractivity contribution >= 4 is 38.3 Å². The van der Waals surface area contributed by atoms with E-state index in [0.29, 0.717) is 12.3 Å². The molecule has 1 saturated heterocycles. The van der Waals surface area contributed by atoms with Crippen LogP contribution >= 0.6 is 27.3 Å². The van der Waals surface area contributed by atoms with E-state index in [4.69, 9.17) is 0 Å². The molecule has 0 spiro atoms. The highest BCUT2D eigenvalue weighted by Gasteiger charge is 2.31. The van der Waals surface area contributed by atoms with Gasteiger partial charge in [0.25, 0.3) is 0 Å². The van der Waals surface area contributed by atoms with Crippen LogP contribution in [0.15, 0.2) is 29.9 Å². The summed E-state index contributed by atoms with van der Waals surface area (Å²) in [4.78, 5) is 22.4. The van der Waals surface area contributed by atoms with Gasteiger partial charge in [0.2, 0.25) is 5.91 Å². The lowest BCUT2D eigenvalue weighted by Gasteiger charge is -2.11. The zero-order valence-corrected chi connectivity index (χ0v) is 12.5. The summed E-state index contributed by atoms with van der Waals surface area (Å²) in [7, 11) is 0. The molecule has 1 unspecified atom stereocenters. The van der Waals surface area contributed by atoms with Crippen molar-refractivity contribution in [2.24, 2.45) is 5.92 Å². The first-order valence-corrected chi connectivity index (χ1v) is 8.00. The van der Waals surface area contributed by atoms with Crippen molar-refractivity contribution in [2.75, 3.05) is 16.8 Å². The van der Waals surface area contributed by atoms with E-state index in [2.05, 4.69) is 25.9 Å².